The normalized spacial score (nSPS) is 13.4. The van der Waals surface area contributed by atoms with Crippen LogP contribution in [0.25, 0.3) is 0 Å². The van der Waals surface area contributed by atoms with E-state index in [-0.39, 0.29) is 0 Å². The van der Waals surface area contributed by atoms with Crippen LogP contribution in [0.5, 0.6) is 0 Å². The maximum absolute atomic E-state index is 12.6. The van der Waals surface area contributed by atoms with Gasteiger partial charge in [-0.2, -0.15) is 18.3 Å². The van der Waals surface area contributed by atoms with E-state index >= 15 is 0 Å². The van der Waals surface area contributed by atoms with Crippen LogP contribution in [0.3, 0.4) is 0 Å². The minimum Gasteiger partial charge on any atom is -0.373 e. The van der Waals surface area contributed by atoms with Crippen molar-refractivity contribution in [1.82, 2.24) is 9.78 Å². The van der Waals surface area contributed by atoms with Gasteiger partial charge >= 0.3 is 6.18 Å². The Balaban J connectivity index is 3.16. The molecule has 0 bridgehead atoms. The van der Waals surface area contributed by atoms with E-state index in [9.17, 15) is 18.0 Å². The van der Waals surface area contributed by atoms with Gasteiger partial charge < -0.3 is 10.6 Å². The second-order valence-corrected chi connectivity index (χ2v) is 3.80. The van der Waals surface area contributed by atoms with Gasteiger partial charge in [0.25, 0.3) is 5.56 Å². The summed E-state index contributed by atoms with van der Waals surface area (Å²) in [5, 5.41) is 3.55. The Hall–Kier alpha value is -1.57. The zero-order chi connectivity index (χ0) is 13.9. The summed E-state index contributed by atoms with van der Waals surface area (Å²) < 4.78 is 38.2. The molecule has 1 unspecified atom stereocenters. The molecule has 8 heteroatoms. The van der Waals surface area contributed by atoms with E-state index in [0.717, 1.165) is 6.07 Å². The van der Waals surface area contributed by atoms with Gasteiger partial charge in [-0.05, 0) is 6.92 Å². The lowest BCUT2D eigenvalue weighted by atomic mass is 10.3. The Kier molecular flexibility index (Phi) is 4.33. The molecule has 0 aromatic carbocycles. The lowest BCUT2D eigenvalue weighted by Crippen LogP contribution is -2.40. The predicted octanol–water partition coefficient (Wildman–Crippen LogP) is 0.761. The molecule has 102 valence electrons. The molecular formula is C10H15F3N4O. The quantitative estimate of drug-likeness (QED) is 0.872. The summed E-state index contributed by atoms with van der Waals surface area (Å²) >= 11 is 0. The lowest BCUT2D eigenvalue weighted by Gasteiger charge is -2.21. The third-order valence-corrected chi connectivity index (χ3v) is 2.62. The highest BCUT2D eigenvalue weighted by Gasteiger charge is 2.41. The van der Waals surface area contributed by atoms with Gasteiger partial charge in [-0.25, -0.2) is 4.68 Å². The van der Waals surface area contributed by atoms with Crippen molar-refractivity contribution >= 4 is 5.69 Å². The molecule has 1 heterocycles. The number of anilines is 1. The number of nitrogens with zero attached hydrogens (tertiary/aromatic N) is 3. The first-order chi connectivity index (χ1) is 8.31. The van der Waals surface area contributed by atoms with Crippen molar-refractivity contribution in [2.45, 2.75) is 19.1 Å². The van der Waals surface area contributed by atoms with Gasteiger partial charge in [0.05, 0.1) is 11.9 Å². The molecule has 0 spiro atoms. The second kappa shape index (κ2) is 5.38. The van der Waals surface area contributed by atoms with E-state index in [2.05, 4.69) is 5.10 Å². The van der Waals surface area contributed by atoms with Crippen molar-refractivity contribution < 1.29 is 13.2 Å². The fraction of sp³-hybridized carbons (Fsp3) is 0.600. The molecule has 0 radical (unpaired) electrons. The topological polar surface area (TPSA) is 64.2 Å². The van der Waals surface area contributed by atoms with Gasteiger partial charge in [0, 0.05) is 26.2 Å². The third kappa shape index (κ3) is 3.00. The van der Waals surface area contributed by atoms with Crippen molar-refractivity contribution in [3.63, 3.8) is 0 Å². The molecule has 18 heavy (non-hydrogen) atoms. The van der Waals surface area contributed by atoms with E-state index in [0.29, 0.717) is 16.9 Å². The van der Waals surface area contributed by atoms with Crippen LogP contribution in [0.2, 0.25) is 0 Å². The first-order valence-corrected chi connectivity index (χ1v) is 5.38. The monoisotopic (exact) mass is 264 g/mol. The summed E-state index contributed by atoms with van der Waals surface area (Å²) in [7, 11) is 1.71. The fourth-order valence-corrected chi connectivity index (χ4v) is 1.41. The highest BCUT2D eigenvalue weighted by molar-refractivity contribution is 5.41. The molecule has 0 aliphatic heterocycles. The molecule has 0 aliphatic carbocycles. The van der Waals surface area contributed by atoms with Crippen LogP contribution in [0, 0.1) is 0 Å². The van der Waals surface area contributed by atoms with E-state index in [1.165, 1.54) is 6.20 Å². The molecule has 5 nitrogen and oxygen atoms in total. The first kappa shape index (κ1) is 14.5. The minimum absolute atomic E-state index is 0.368. The van der Waals surface area contributed by atoms with Crippen LogP contribution in [0.1, 0.15) is 13.0 Å². The molecule has 0 aliphatic rings. The van der Waals surface area contributed by atoms with Crippen LogP contribution < -0.4 is 16.2 Å². The fourth-order valence-electron chi connectivity index (χ4n) is 1.41. The van der Waals surface area contributed by atoms with Crippen molar-refractivity contribution in [3.8, 4) is 0 Å². The van der Waals surface area contributed by atoms with Crippen LogP contribution in [-0.2, 0) is 0 Å². The SMILES string of the molecule is CCN(C)c1cnn(C(CN)C(F)(F)F)c(=O)c1. The standard InChI is InChI=1S/C10H15F3N4O/c1-3-16(2)7-4-9(18)17(15-6-7)8(5-14)10(11,12)13/h4,6,8H,3,5,14H2,1-2H3. The van der Waals surface area contributed by atoms with E-state index in [4.69, 9.17) is 5.73 Å². The van der Waals surface area contributed by atoms with Crippen LogP contribution >= 0.6 is 0 Å². The molecule has 0 saturated carbocycles. The van der Waals surface area contributed by atoms with E-state index < -0.39 is 24.3 Å². The van der Waals surface area contributed by atoms with E-state index in [1.807, 2.05) is 6.92 Å². The molecule has 1 aromatic heterocycles. The summed E-state index contributed by atoms with van der Waals surface area (Å²) in [5.74, 6) is 0. The van der Waals surface area contributed by atoms with Gasteiger partial charge in [0.2, 0.25) is 0 Å². The highest BCUT2D eigenvalue weighted by Crippen LogP contribution is 2.28. The third-order valence-electron chi connectivity index (χ3n) is 2.62. The first-order valence-electron chi connectivity index (χ1n) is 5.38. The maximum Gasteiger partial charge on any atom is 0.412 e. The van der Waals surface area contributed by atoms with Gasteiger partial charge in [0.15, 0.2) is 6.04 Å². The van der Waals surface area contributed by atoms with Crippen molar-refractivity contribution in [2.24, 2.45) is 5.73 Å². The second-order valence-electron chi connectivity index (χ2n) is 3.80. The van der Waals surface area contributed by atoms with E-state index in [1.54, 1.807) is 11.9 Å². The maximum atomic E-state index is 12.6. The summed E-state index contributed by atoms with van der Waals surface area (Å²) in [6, 6.07) is -0.976. The van der Waals surface area contributed by atoms with Crippen LogP contribution in [-0.4, -0.2) is 36.1 Å². The van der Waals surface area contributed by atoms with Gasteiger partial charge in [-0.3, -0.25) is 4.79 Å². The highest BCUT2D eigenvalue weighted by atomic mass is 19.4. The number of aromatic nitrogens is 2. The number of halogens is 3. The minimum atomic E-state index is -4.59. The van der Waals surface area contributed by atoms with Gasteiger partial charge in [0.1, 0.15) is 0 Å². The van der Waals surface area contributed by atoms with Crippen molar-refractivity contribution in [3.05, 3.63) is 22.6 Å². The molecule has 0 fully saturated rings. The molecule has 1 atom stereocenters. The molecule has 1 rings (SSSR count). The molecule has 1 aromatic rings. The zero-order valence-electron chi connectivity index (χ0n) is 10.1. The average molecular weight is 264 g/mol. The molecule has 0 saturated heterocycles. The number of nitrogens with two attached hydrogens (primary N) is 1. The Labute approximate surface area is 102 Å². The predicted molar refractivity (Wildman–Crippen MR) is 61.6 cm³/mol. The Morgan fingerprint density at radius 3 is 2.56 bits per heavy atom. The van der Waals surface area contributed by atoms with Crippen LogP contribution in [0.15, 0.2) is 17.1 Å². The average Bonchev–Trinajstić information content (AvgIpc) is 2.29. The number of rotatable bonds is 4. The van der Waals surface area contributed by atoms with Gasteiger partial charge in [-0.15, -0.1) is 0 Å². The van der Waals surface area contributed by atoms with Crippen LogP contribution in [0.4, 0.5) is 18.9 Å². The Morgan fingerprint density at radius 2 is 2.17 bits per heavy atom. The lowest BCUT2D eigenvalue weighted by molar-refractivity contribution is -0.168. The largest absolute Gasteiger partial charge is 0.412 e. The smallest absolute Gasteiger partial charge is 0.373 e. The summed E-state index contributed by atoms with van der Waals surface area (Å²) in [6.07, 6.45) is -3.37. The summed E-state index contributed by atoms with van der Waals surface area (Å²) in [5.41, 5.74) is 4.70. The Morgan fingerprint density at radius 1 is 1.56 bits per heavy atom. The Bertz CT molecular complexity index is 457. The molecular weight excluding hydrogens is 249 g/mol. The molecule has 2 N–H and O–H groups in total. The number of alkyl halides is 3. The van der Waals surface area contributed by atoms with Crippen molar-refractivity contribution in [2.75, 3.05) is 25.0 Å². The van der Waals surface area contributed by atoms with Gasteiger partial charge in [-0.1, -0.05) is 0 Å². The zero-order valence-corrected chi connectivity index (χ0v) is 10.1. The summed E-state index contributed by atoms with van der Waals surface area (Å²) in [4.78, 5) is 13.3. The van der Waals surface area contributed by atoms with Crippen molar-refractivity contribution in [1.29, 1.82) is 0 Å². The molecule has 0 amide bonds. The summed E-state index contributed by atoms with van der Waals surface area (Å²) in [6.45, 7) is 1.74. The number of hydrogen-bond acceptors (Lipinski definition) is 4. The number of hydrogen-bond donors (Lipinski definition) is 1.